The SMILES string of the molecule is CN1CCCCC1CNc1c(Cl)cc(Cl)c2nsnc12. The van der Waals surface area contributed by atoms with Gasteiger partial charge in [0, 0.05) is 12.6 Å². The minimum Gasteiger partial charge on any atom is -0.380 e. The summed E-state index contributed by atoms with van der Waals surface area (Å²) in [5.41, 5.74) is 2.34. The summed E-state index contributed by atoms with van der Waals surface area (Å²) in [6.45, 7) is 2.03. The molecule has 1 aliphatic heterocycles. The molecule has 0 bridgehead atoms. The average molecular weight is 331 g/mol. The number of fused-ring (bicyclic) bond motifs is 1. The van der Waals surface area contributed by atoms with Crippen molar-refractivity contribution in [3.05, 3.63) is 16.1 Å². The van der Waals surface area contributed by atoms with Crippen molar-refractivity contribution in [3.8, 4) is 0 Å². The second-order valence-electron chi connectivity index (χ2n) is 5.19. The van der Waals surface area contributed by atoms with Crippen LogP contribution in [0.25, 0.3) is 11.0 Å². The number of aromatic nitrogens is 2. The Kier molecular flexibility index (Phi) is 4.31. The van der Waals surface area contributed by atoms with Crippen LogP contribution in [0.5, 0.6) is 0 Å². The van der Waals surface area contributed by atoms with Gasteiger partial charge in [0.05, 0.1) is 27.5 Å². The molecule has 1 atom stereocenters. The van der Waals surface area contributed by atoms with Crippen molar-refractivity contribution in [2.45, 2.75) is 25.3 Å². The van der Waals surface area contributed by atoms with E-state index in [4.69, 9.17) is 23.2 Å². The molecule has 2 heterocycles. The van der Waals surface area contributed by atoms with Gasteiger partial charge >= 0.3 is 0 Å². The van der Waals surface area contributed by atoms with Crippen LogP contribution in [0.3, 0.4) is 0 Å². The number of piperidine rings is 1. The lowest BCUT2D eigenvalue weighted by atomic mass is 10.0. The monoisotopic (exact) mass is 330 g/mol. The number of anilines is 1. The molecule has 0 radical (unpaired) electrons. The molecule has 1 fully saturated rings. The number of halogens is 2. The Hall–Kier alpha value is -0.620. The van der Waals surface area contributed by atoms with E-state index in [-0.39, 0.29) is 0 Å². The van der Waals surface area contributed by atoms with Crippen molar-refractivity contribution in [2.75, 3.05) is 25.5 Å². The van der Waals surface area contributed by atoms with Crippen LogP contribution in [0.15, 0.2) is 6.07 Å². The fourth-order valence-corrected chi connectivity index (χ4v) is 3.84. The molecule has 0 amide bonds. The summed E-state index contributed by atoms with van der Waals surface area (Å²) < 4.78 is 8.53. The quantitative estimate of drug-likeness (QED) is 0.926. The van der Waals surface area contributed by atoms with E-state index in [1.807, 2.05) is 0 Å². The van der Waals surface area contributed by atoms with E-state index in [0.29, 0.717) is 16.1 Å². The zero-order chi connectivity index (χ0) is 14.1. The predicted molar refractivity (Wildman–Crippen MR) is 86.2 cm³/mol. The zero-order valence-corrected chi connectivity index (χ0v) is 13.5. The standard InChI is InChI=1S/C13H16Cl2N4S/c1-19-5-3-2-4-8(19)7-16-11-9(14)6-10(15)12-13(11)18-20-17-12/h6,8,16H,2-5,7H2,1H3. The molecule has 1 unspecified atom stereocenters. The Morgan fingerprint density at radius 1 is 1.30 bits per heavy atom. The number of rotatable bonds is 3. The highest BCUT2D eigenvalue weighted by atomic mass is 35.5. The molecule has 7 heteroatoms. The highest BCUT2D eigenvalue weighted by molar-refractivity contribution is 7.00. The first kappa shape index (κ1) is 14.3. The first-order chi connectivity index (χ1) is 9.66. The number of likely N-dealkylation sites (N-methyl/N-ethyl adjacent to an activating group) is 1. The first-order valence-corrected chi connectivity index (χ1v) is 8.20. The van der Waals surface area contributed by atoms with Crippen LogP contribution in [-0.2, 0) is 0 Å². The summed E-state index contributed by atoms with van der Waals surface area (Å²) in [5, 5.41) is 4.60. The highest BCUT2D eigenvalue weighted by Gasteiger charge is 2.20. The molecule has 1 saturated heterocycles. The molecule has 1 aromatic carbocycles. The van der Waals surface area contributed by atoms with Crippen LogP contribution in [0.1, 0.15) is 19.3 Å². The molecule has 1 aromatic heterocycles. The van der Waals surface area contributed by atoms with Crippen LogP contribution in [0.4, 0.5) is 5.69 Å². The van der Waals surface area contributed by atoms with Gasteiger partial charge in [0.1, 0.15) is 11.0 Å². The van der Waals surface area contributed by atoms with Crippen molar-refractivity contribution < 1.29 is 0 Å². The molecular formula is C13H16Cl2N4S. The molecule has 0 saturated carbocycles. The third-order valence-electron chi connectivity index (χ3n) is 3.88. The maximum Gasteiger partial charge on any atom is 0.130 e. The lowest BCUT2D eigenvalue weighted by Gasteiger charge is -2.32. The van der Waals surface area contributed by atoms with E-state index in [2.05, 4.69) is 26.0 Å². The van der Waals surface area contributed by atoms with Crippen LogP contribution >= 0.6 is 34.9 Å². The summed E-state index contributed by atoms with van der Waals surface area (Å²) >= 11 is 13.6. The predicted octanol–water partition coefficient (Wildman–Crippen LogP) is 3.89. The van der Waals surface area contributed by atoms with Gasteiger partial charge in [0.25, 0.3) is 0 Å². The van der Waals surface area contributed by atoms with Crippen molar-refractivity contribution in [3.63, 3.8) is 0 Å². The second kappa shape index (κ2) is 6.02. The number of nitrogens with zero attached hydrogens (tertiary/aromatic N) is 3. The molecule has 108 valence electrons. The summed E-state index contributed by atoms with van der Waals surface area (Å²) in [6, 6.07) is 2.27. The second-order valence-corrected chi connectivity index (χ2v) is 6.53. The third kappa shape index (κ3) is 2.72. The van der Waals surface area contributed by atoms with Gasteiger partial charge in [-0.2, -0.15) is 8.75 Å². The maximum absolute atomic E-state index is 6.30. The zero-order valence-electron chi connectivity index (χ0n) is 11.2. The first-order valence-electron chi connectivity index (χ1n) is 6.71. The van der Waals surface area contributed by atoms with Crippen LogP contribution in [0, 0.1) is 0 Å². The van der Waals surface area contributed by atoms with Gasteiger partial charge in [-0.15, -0.1) is 0 Å². The van der Waals surface area contributed by atoms with Crippen LogP contribution in [-0.4, -0.2) is 39.8 Å². The van der Waals surface area contributed by atoms with Gasteiger partial charge in [0.15, 0.2) is 0 Å². The molecule has 0 spiro atoms. The number of hydrogen-bond donors (Lipinski definition) is 1. The number of nitrogens with one attached hydrogen (secondary N) is 1. The van der Waals surface area contributed by atoms with Gasteiger partial charge in [-0.25, -0.2) is 0 Å². The number of likely N-dealkylation sites (tertiary alicyclic amines) is 1. The lowest BCUT2D eigenvalue weighted by molar-refractivity contribution is 0.195. The average Bonchev–Trinajstić information content (AvgIpc) is 2.90. The fraction of sp³-hybridized carbons (Fsp3) is 0.538. The van der Waals surface area contributed by atoms with E-state index in [1.54, 1.807) is 6.07 Å². The van der Waals surface area contributed by atoms with Gasteiger partial charge in [-0.05, 0) is 32.5 Å². The third-order valence-corrected chi connectivity index (χ3v) is 4.99. The number of benzene rings is 1. The largest absolute Gasteiger partial charge is 0.380 e. The Morgan fingerprint density at radius 2 is 2.10 bits per heavy atom. The van der Waals surface area contributed by atoms with Crippen LogP contribution in [0.2, 0.25) is 10.0 Å². The maximum atomic E-state index is 6.30. The molecule has 2 aromatic rings. The Bertz CT molecular complexity index is 616. The minimum absolute atomic E-state index is 0.539. The van der Waals surface area contributed by atoms with E-state index in [1.165, 1.54) is 19.3 Å². The molecule has 3 rings (SSSR count). The van der Waals surface area contributed by atoms with Crippen molar-refractivity contribution in [2.24, 2.45) is 0 Å². The fourth-order valence-electron chi connectivity index (χ4n) is 2.66. The lowest BCUT2D eigenvalue weighted by Crippen LogP contribution is -2.40. The van der Waals surface area contributed by atoms with E-state index in [0.717, 1.165) is 41.5 Å². The molecule has 1 N–H and O–H groups in total. The Labute approximate surface area is 132 Å². The molecular weight excluding hydrogens is 315 g/mol. The van der Waals surface area contributed by atoms with Crippen molar-refractivity contribution >= 4 is 51.7 Å². The Morgan fingerprint density at radius 3 is 2.90 bits per heavy atom. The summed E-state index contributed by atoms with van der Waals surface area (Å²) in [5.74, 6) is 0. The summed E-state index contributed by atoms with van der Waals surface area (Å²) in [4.78, 5) is 2.40. The van der Waals surface area contributed by atoms with E-state index >= 15 is 0 Å². The van der Waals surface area contributed by atoms with Crippen molar-refractivity contribution in [1.29, 1.82) is 0 Å². The van der Waals surface area contributed by atoms with Crippen LogP contribution < -0.4 is 5.32 Å². The topological polar surface area (TPSA) is 41.0 Å². The normalized spacial score (nSPS) is 20.4. The molecule has 4 nitrogen and oxygen atoms in total. The summed E-state index contributed by atoms with van der Waals surface area (Å²) in [7, 11) is 2.18. The van der Waals surface area contributed by atoms with Gasteiger partial charge in [0.2, 0.25) is 0 Å². The Balaban J connectivity index is 1.82. The summed E-state index contributed by atoms with van der Waals surface area (Å²) in [6.07, 6.45) is 3.79. The molecule has 1 aliphatic rings. The smallest absolute Gasteiger partial charge is 0.130 e. The molecule has 20 heavy (non-hydrogen) atoms. The van der Waals surface area contributed by atoms with E-state index < -0.39 is 0 Å². The van der Waals surface area contributed by atoms with Crippen molar-refractivity contribution in [1.82, 2.24) is 13.6 Å². The van der Waals surface area contributed by atoms with E-state index in [9.17, 15) is 0 Å². The number of hydrogen-bond acceptors (Lipinski definition) is 5. The molecule has 0 aliphatic carbocycles. The minimum atomic E-state index is 0.539. The van der Waals surface area contributed by atoms with Gasteiger partial charge < -0.3 is 10.2 Å². The van der Waals surface area contributed by atoms with Gasteiger partial charge in [-0.3, -0.25) is 0 Å². The highest BCUT2D eigenvalue weighted by Crippen LogP contribution is 2.35. The van der Waals surface area contributed by atoms with Gasteiger partial charge in [-0.1, -0.05) is 29.6 Å².